The summed E-state index contributed by atoms with van der Waals surface area (Å²) in [6.07, 6.45) is 4.84. The lowest BCUT2D eigenvalue weighted by atomic mass is 9.97. The Kier molecular flexibility index (Phi) is 5.55. The molecule has 0 aromatic heterocycles. The zero-order valence-corrected chi connectivity index (χ0v) is 13.5. The maximum absolute atomic E-state index is 12.6. The highest BCUT2D eigenvalue weighted by Gasteiger charge is 2.39. The van der Waals surface area contributed by atoms with Gasteiger partial charge < -0.3 is 0 Å². The molecule has 1 heterocycles. The van der Waals surface area contributed by atoms with Gasteiger partial charge in [0, 0.05) is 25.2 Å². The number of piperidine rings is 1. The van der Waals surface area contributed by atoms with Crippen molar-refractivity contribution < 1.29 is 21.6 Å². The number of hydrogen-bond donors (Lipinski definition) is 0. The molecular weight excluding hydrogens is 317 g/mol. The van der Waals surface area contributed by atoms with Gasteiger partial charge >= 0.3 is 6.18 Å². The van der Waals surface area contributed by atoms with Crippen molar-refractivity contribution in [1.82, 2.24) is 9.21 Å². The number of allylic oxidation sites excluding steroid dienone is 1. The SMILES string of the molecule is CS(=O)(=O)N(CC(F)(F)F)C1CCN([C@H]2C=CCCC2)CC1. The summed E-state index contributed by atoms with van der Waals surface area (Å²) in [5.41, 5.74) is 0. The Labute approximate surface area is 130 Å². The van der Waals surface area contributed by atoms with Crippen molar-refractivity contribution in [3.63, 3.8) is 0 Å². The zero-order valence-electron chi connectivity index (χ0n) is 12.7. The van der Waals surface area contributed by atoms with Gasteiger partial charge in [0.25, 0.3) is 0 Å². The maximum atomic E-state index is 12.6. The van der Waals surface area contributed by atoms with Crippen molar-refractivity contribution in [2.75, 3.05) is 25.9 Å². The van der Waals surface area contributed by atoms with Crippen LogP contribution in [0.4, 0.5) is 13.2 Å². The van der Waals surface area contributed by atoms with E-state index in [-0.39, 0.29) is 0 Å². The highest BCUT2D eigenvalue weighted by atomic mass is 32.2. The molecule has 1 aliphatic heterocycles. The molecule has 0 N–H and O–H groups in total. The molecule has 2 aliphatic rings. The van der Waals surface area contributed by atoms with Crippen LogP contribution in [0.5, 0.6) is 0 Å². The Balaban J connectivity index is 1.98. The van der Waals surface area contributed by atoms with Crippen LogP contribution in [-0.4, -0.2) is 61.8 Å². The summed E-state index contributed by atoms with van der Waals surface area (Å²) in [6, 6.07) is -0.204. The third-order valence-corrected chi connectivity index (χ3v) is 5.64. The molecule has 8 heteroatoms. The molecule has 0 amide bonds. The van der Waals surface area contributed by atoms with Gasteiger partial charge in [-0.2, -0.15) is 17.5 Å². The lowest BCUT2D eigenvalue weighted by molar-refractivity contribution is -0.140. The van der Waals surface area contributed by atoms with Gasteiger partial charge in [-0.05, 0) is 32.1 Å². The summed E-state index contributed by atoms with van der Waals surface area (Å²) in [5, 5.41) is 0. The highest BCUT2D eigenvalue weighted by Crippen LogP contribution is 2.27. The van der Waals surface area contributed by atoms with Crippen LogP contribution in [0.1, 0.15) is 32.1 Å². The molecule has 1 fully saturated rings. The van der Waals surface area contributed by atoms with Crippen LogP contribution in [0.15, 0.2) is 12.2 Å². The van der Waals surface area contributed by atoms with Gasteiger partial charge in [-0.1, -0.05) is 12.2 Å². The van der Waals surface area contributed by atoms with E-state index >= 15 is 0 Å². The van der Waals surface area contributed by atoms with E-state index in [2.05, 4.69) is 17.1 Å². The first-order valence-corrected chi connectivity index (χ1v) is 9.46. The highest BCUT2D eigenvalue weighted by molar-refractivity contribution is 7.88. The fraction of sp³-hybridized carbons (Fsp3) is 0.857. The van der Waals surface area contributed by atoms with Crippen molar-refractivity contribution in [2.24, 2.45) is 0 Å². The summed E-state index contributed by atoms with van der Waals surface area (Å²) in [4.78, 5) is 2.25. The van der Waals surface area contributed by atoms with E-state index in [9.17, 15) is 21.6 Å². The van der Waals surface area contributed by atoms with E-state index in [0.717, 1.165) is 25.5 Å². The Morgan fingerprint density at radius 1 is 1.23 bits per heavy atom. The number of sulfonamides is 1. The third-order valence-electron chi connectivity index (χ3n) is 4.37. The second-order valence-corrected chi connectivity index (χ2v) is 8.05. The molecule has 4 nitrogen and oxygen atoms in total. The summed E-state index contributed by atoms with van der Waals surface area (Å²) >= 11 is 0. The van der Waals surface area contributed by atoms with Crippen LogP contribution in [0.2, 0.25) is 0 Å². The first-order chi connectivity index (χ1) is 10.2. The van der Waals surface area contributed by atoms with Gasteiger partial charge in [0.2, 0.25) is 10.0 Å². The number of hydrogen-bond acceptors (Lipinski definition) is 3. The molecule has 0 radical (unpaired) electrons. The van der Waals surface area contributed by atoms with E-state index in [4.69, 9.17) is 0 Å². The molecule has 0 aromatic rings. The fourth-order valence-corrected chi connectivity index (χ4v) is 4.43. The smallest absolute Gasteiger partial charge is 0.297 e. The molecule has 0 spiro atoms. The van der Waals surface area contributed by atoms with E-state index in [1.54, 1.807) is 0 Å². The summed E-state index contributed by atoms with van der Waals surface area (Å²) < 4.78 is 61.9. The topological polar surface area (TPSA) is 40.6 Å². The lowest BCUT2D eigenvalue weighted by Crippen LogP contribution is -2.51. The molecular formula is C14H23F3N2O2S. The van der Waals surface area contributed by atoms with Gasteiger partial charge in [0.15, 0.2) is 0 Å². The van der Waals surface area contributed by atoms with Gasteiger partial charge in [-0.3, -0.25) is 4.90 Å². The number of nitrogens with zero attached hydrogens (tertiary/aromatic N) is 2. The van der Waals surface area contributed by atoms with Crippen LogP contribution in [0, 0.1) is 0 Å². The van der Waals surface area contributed by atoms with E-state index < -0.39 is 28.8 Å². The summed E-state index contributed by atoms with van der Waals surface area (Å²) in [5.74, 6) is 0. The van der Waals surface area contributed by atoms with Crippen molar-refractivity contribution in [1.29, 1.82) is 0 Å². The van der Waals surface area contributed by atoms with Crippen molar-refractivity contribution in [2.45, 2.75) is 50.4 Å². The molecule has 1 atom stereocenters. The average molecular weight is 340 g/mol. The Hall–Kier alpha value is -0.600. The Bertz CT molecular complexity index is 497. The monoisotopic (exact) mass is 340 g/mol. The fourth-order valence-electron chi connectivity index (χ4n) is 3.30. The zero-order chi connectivity index (χ0) is 16.4. The maximum Gasteiger partial charge on any atom is 0.402 e. The van der Waals surface area contributed by atoms with Crippen LogP contribution in [0.25, 0.3) is 0 Å². The molecule has 22 heavy (non-hydrogen) atoms. The predicted octanol–water partition coefficient (Wildman–Crippen LogP) is 2.38. The molecule has 0 bridgehead atoms. The molecule has 0 saturated carbocycles. The van der Waals surface area contributed by atoms with Crippen molar-refractivity contribution in [3.8, 4) is 0 Å². The van der Waals surface area contributed by atoms with Crippen LogP contribution in [0.3, 0.4) is 0 Å². The number of rotatable bonds is 4. The molecule has 128 valence electrons. The van der Waals surface area contributed by atoms with E-state index in [0.29, 0.717) is 36.3 Å². The quantitative estimate of drug-likeness (QED) is 0.738. The largest absolute Gasteiger partial charge is 0.402 e. The first-order valence-electron chi connectivity index (χ1n) is 7.61. The summed E-state index contributed by atoms with van der Waals surface area (Å²) in [6.45, 7) is -0.104. The Morgan fingerprint density at radius 3 is 2.32 bits per heavy atom. The van der Waals surface area contributed by atoms with E-state index in [1.165, 1.54) is 0 Å². The minimum absolute atomic E-state index is 0.351. The van der Waals surface area contributed by atoms with Gasteiger partial charge in [-0.15, -0.1) is 0 Å². The average Bonchev–Trinajstić information content (AvgIpc) is 2.44. The van der Waals surface area contributed by atoms with Crippen LogP contribution < -0.4 is 0 Å². The molecule has 0 unspecified atom stereocenters. The standard InChI is InChI=1S/C14H23F3N2O2S/c1-22(20,21)19(11-14(15,16)17)13-7-9-18(10-8-13)12-5-3-2-4-6-12/h3,5,12-13H,2,4,6-11H2,1H3/t12-/m0/s1. The normalized spacial score (nSPS) is 25.8. The number of halogens is 3. The van der Waals surface area contributed by atoms with Crippen LogP contribution in [-0.2, 0) is 10.0 Å². The minimum Gasteiger partial charge on any atom is -0.297 e. The molecule has 0 aromatic carbocycles. The van der Waals surface area contributed by atoms with Gasteiger partial charge in [0.05, 0.1) is 6.26 Å². The first kappa shape index (κ1) is 17.7. The lowest BCUT2D eigenvalue weighted by Gasteiger charge is -2.40. The second kappa shape index (κ2) is 6.88. The Morgan fingerprint density at radius 2 is 1.86 bits per heavy atom. The molecule has 1 aliphatic carbocycles. The summed E-state index contributed by atoms with van der Waals surface area (Å²) in [7, 11) is -3.86. The molecule has 1 saturated heterocycles. The second-order valence-electron chi connectivity index (χ2n) is 6.12. The number of alkyl halides is 3. The van der Waals surface area contributed by atoms with Crippen molar-refractivity contribution >= 4 is 10.0 Å². The molecule has 2 rings (SSSR count). The van der Waals surface area contributed by atoms with Gasteiger partial charge in [0.1, 0.15) is 6.54 Å². The minimum atomic E-state index is -4.51. The van der Waals surface area contributed by atoms with Crippen molar-refractivity contribution in [3.05, 3.63) is 12.2 Å². The number of likely N-dealkylation sites (tertiary alicyclic amines) is 1. The van der Waals surface area contributed by atoms with E-state index in [1.807, 2.05) is 0 Å². The van der Waals surface area contributed by atoms with Crippen LogP contribution >= 0.6 is 0 Å². The van der Waals surface area contributed by atoms with Gasteiger partial charge in [-0.25, -0.2) is 8.42 Å². The third kappa shape index (κ3) is 4.96. The predicted molar refractivity (Wildman–Crippen MR) is 79.0 cm³/mol.